The summed E-state index contributed by atoms with van der Waals surface area (Å²) in [5.74, 6) is 0. The van der Waals surface area contributed by atoms with Crippen molar-refractivity contribution in [2.45, 2.75) is 19.4 Å². The summed E-state index contributed by atoms with van der Waals surface area (Å²) in [6.45, 7) is 1.99. The van der Waals surface area contributed by atoms with Crippen molar-refractivity contribution in [3.05, 3.63) is 16.4 Å². The van der Waals surface area contributed by atoms with Gasteiger partial charge in [0.15, 0.2) is 10.3 Å². The smallest absolute Gasteiger partial charge is 0.174 e. The Balaban J connectivity index is 2.79. The third-order valence-corrected chi connectivity index (χ3v) is 2.26. The second-order valence-electron chi connectivity index (χ2n) is 2.80. The van der Waals surface area contributed by atoms with Gasteiger partial charge in [0.05, 0.1) is 12.3 Å². The molecule has 1 atom stereocenters. The zero-order valence-corrected chi connectivity index (χ0v) is 9.18. The predicted molar refractivity (Wildman–Crippen MR) is 56.8 cm³/mol. The van der Waals surface area contributed by atoms with Crippen molar-refractivity contribution in [1.29, 1.82) is 0 Å². The average molecular weight is 236 g/mol. The number of halogens is 2. The molecule has 1 unspecified atom stereocenters. The average Bonchev–Trinajstić information content (AvgIpc) is 2.19. The van der Waals surface area contributed by atoms with Crippen LogP contribution in [0.15, 0.2) is 6.07 Å². The molecule has 0 saturated heterocycles. The first-order chi connectivity index (χ1) is 6.67. The first-order valence-corrected chi connectivity index (χ1v) is 4.99. The number of hydrogen-bond donors (Lipinski definition) is 2. The highest BCUT2D eigenvalue weighted by atomic mass is 35.5. The highest BCUT2D eigenvalue weighted by molar-refractivity contribution is 6.33. The molecule has 0 aliphatic heterocycles. The van der Waals surface area contributed by atoms with Gasteiger partial charge in [0, 0.05) is 12.1 Å². The Bertz CT molecular complexity index is 305. The van der Waals surface area contributed by atoms with E-state index in [-0.39, 0.29) is 23.0 Å². The highest BCUT2D eigenvalue weighted by Crippen LogP contribution is 2.21. The van der Waals surface area contributed by atoms with Crippen LogP contribution in [0.3, 0.4) is 0 Å². The summed E-state index contributed by atoms with van der Waals surface area (Å²) < 4.78 is 0. The van der Waals surface area contributed by atoms with E-state index in [1.165, 1.54) is 0 Å². The fraction of sp³-hybridized carbons (Fsp3) is 0.500. The van der Waals surface area contributed by atoms with Crippen LogP contribution >= 0.6 is 23.2 Å². The second-order valence-corrected chi connectivity index (χ2v) is 3.55. The molecule has 0 saturated carbocycles. The summed E-state index contributed by atoms with van der Waals surface area (Å²) >= 11 is 11.4. The van der Waals surface area contributed by atoms with E-state index in [1.54, 1.807) is 6.07 Å². The van der Waals surface area contributed by atoms with Gasteiger partial charge in [-0.25, -0.2) is 0 Å². The molecule has 1 aromatic rings. The van der Waals surface area contributed by atoms with Crippen LogP contribution in [0.5, 0.6) is 0 Å². The Morgan fingerprint density at radius 3 is 2.79 bits per heavy atom. The Kier molecular flexibility index (Phi) is 4.38. The number of hydrogen-bond acceptors (Lipinski definition) is 4. The molecule has 1 heterocycles. The van der Waals surface area contributed by atoms with Gasteiger partial charge >= 0.3 is 0 Å². The third kappa shape index (κ3) is 2.97. The van der Waals surface area contributed by atoms with Gasteiger partial charge in [0.1, 0.15) is 0 Å². The lowest BCUT2D eigenvalue weighted by molar-refractivity contribution is 0.272. The lowest BCUT2D eigenvalue weighted by Crippen LogP contribution is -2.22. The number of aliphatic hydroxyl groups is 1. The normalized spacial score (nSPS) is 12.6. The van der Waals surface area contributed by atoms with Gasteiger partial charge in [-0.05, 0) is 6.42 Å². The van der Waals surface area contributed by atoms with Gasteiger partial charge in [-0.15, -0.1) is 10.2 Å². The van der Waals surface area contributed by atoms with Crippen LogP contribution < -0.4 is 5.32 Å². The van der Waals surface area contributed by atoms with Gasteiger partial charge in [-0.3, -0.25) is 0 Å². The highest BCUT2D eigenvalue weighted by Gasteiger charge is 2.08. The van der Waals surface area contributed by atoms with Gasteiger partial charge in [-0.2, -0.15) is 0 Å². The van der Waals surface area contributed by atoms with Crippen molar-refractivity contribution >= 4 is 28.9 Å². The second kappa shape index (κ2) is 5.34. The summed E-state index contributed by atoms with van der Waals surface area (Å²) in [6, 6.07) is 1.53. The van der Waals surface area contributed by atoms with Crippen LogP contribution in [0.1, 0.15) is 13.3 Å². The lowest BCUT2D eigenvalue weighted by Gasteiger charge is -2.15. The molecule has 1 rings (SSSR count). The van der Waals surface area contributed by atoms with E-state index in [1.807, 2.05) is 6.92 Å². The standard InChI is InChI=1S/C8H11Cl2N3O/c1-2-5(4-14)11-6-3-7(9)12-13-8(6)10/h3,5,14H,2,4H2,1H3,(H,11,12). The Hall–Kier alpha value is -0.580. The lowest BCUT2D eigenvalue weighted by atomic mass is 10.2. The van der Waals surface area contributed by atoms with Gasteiger partial charge in [0.2, 0.25) is 0 Å². The van der Waals surface area contributed by atoms with E-state index < -0.39 is 0 Å². The van der Waals surface area contributed by atoms with E-state index in [0.29, 0.717) is 5.69 Å². The van der Waals surface area contributed by atoms with Crippen LogP contribution in [0.2, 0.25) is 10.3 Å². The number of nitrogens with one attached hydrogen (secondary N) is 1. The van der Waals surface area contributed by atoms with Crippen molar-refractivity contribution in [3.8, 4) is 0 Å². The SMILES string of the molecule is CCC(CO)Nc1cc(Cl)nnc1Cl. The molecule has 0 aromatic carbocycles. The maximum Gasteiger partial charge on any atom is 0.174 e. The maximum atomic E-state index is 8.97. The Morgan fingerprint density at radius 2 is 2.21 bits per heavy atom. The molecular weight excluding hydrogens is 225 g/mol. The molecule has 0 aliphatic rings. The van der Waals surface area contributed by atoms with Crippen molar-refractivity contribution in [2.24, 2.45) is 0 Å². The molecule has 2 N–H and O–H groups in total. The first-order valence-electron chi connectivity index (χ1n) is 4.23. The molecular formula is C8H11Cl2N3O. The predicted octanol–water partition coefficient (Wildman–Crippen LogP) is 1.97. The first kappa shape index (κ1) is 11.5. The van der Waals surface area contributed by atoms with Crippen molar-refractivity contribution in [3.63, 3.8) is 0 Å². The number of rotatable bonds is 4. The van der Waals surface area contributed by atoms with E-state index in [9.17, 15) is 0 Å². The van der Waals surface area contributed by atoms with Crippen molar-refractivity contribution in [1.82, 2.24) is 10.2 Å². The molecule has 0 bridgehead atoms. The van der Waals surface area contributed by atoms with E-state index in [4.69, 9.17) is 28.3 Å². The number of aromatic nitrogens is 2. The van der Waals surface area contributed by atoms with Crippen LogP contribution in [-0.4, -0.2) is 28.0 Å². The minimum Gasteiger partial charge on any atom is -0.394 e. The molecule has 0 amide bonds. The largest absolute Gasteiger partial charge is 0.394 e. The van der Waals surface area contributed by atoms with Gasteiger partial charge < -0.3 is 10.4 Å². The minimum absolute atomic E-state index is 0.0345. The molecule has 78 valence electrons. The molecule has 0 radical (unpaired) electrons. The monoisotopic (exact) mass is 235 g/mol. The summed E-state index contributed by atoms with van der Waals surface area (Å²) in [5.41, 5.74) is 0.590. The topological polar surface area (TPSA) is 58.0 Å². The molecule has 1 aromatic heterocycles. The van der Waals surface area contributed by atoms with Crippen LogP contribution in [0.25, 0.3) is 0 Å². The van der Waals surface area contributed by atoms with Crippen LogP contribution in [0, 0.1) is 0 Å². The Morgan fingerprint density at radius 1 is 1.50 bits per heavy atom. The molecule has 0 spiro atoms. The van der Waals surface area contributed by atoms with Crippen LogP contribution in [-0.2, 0) is 0 Å². The van der Waals surface area contributed by atoms with Crippen LogP contribution in [0.4, 0.5) is 5.69 Å². The molecule has 14 heavy (non-hydrogen) atoms. The van der Waals surface area contributed by atoms with E-state index in [0.717, 1.165) is 6.42 Å². The quantitative estimate of drug-likeness (QED) is 0.838. The van der Waals surface area contributed by atoms with Crippen molar-refractivity contribution < 1.29 is 5.11 Å². The fourth-order valence-corrected chi connectivity index (χ4v) is 1.24. The molecule has 0 aliphatic carbocycles. The maximum absolute atomic E-state index is 8.97. The molecule has 4 nitrogen and oxygen atoms in total. The minimum atomic E-state index is -0.0484. The van der Waals surface area contributed by atoms with Crippen molar-refractivity contribution in [2.75, 3.05) is 11.9 Å². The summed E-state index contributed by atoms with van der Waals surface area (Å²) in [6.07, 6.45) is 0.784. The number of anilines is 1. The number of nitrogens with zero attached hydrogens (tertiary/aromatic N) is 2. The fourth-order valence-electron chi connectivity index (χ4n) is 0.951. The summed E-state index contributed by atoms with van der Waals surface area (Å²) in [7, 11) is 0. The molecule has 0 fully saturated rings. The van der Waals surface area contributed by atoms with Gasteiger partial charge in [0.25, 0.3) is 0 Å². The summed E-state index contributed by atoms with van der Waals surface area (Å²) in [4.78, 5) is 0. The third-order valence-electron chi connectivity index (χ3n) is 1.79. The van der Waals surface area contributed by atoms with E-state index in [2.05, 4.69) is 15.5 Å². The zero-order valence-electron chi connectivity index (χ0n) is 7.67. The number of aliphatic hydroxyl groups excluding tert-OH is 1. The van der Waals surface area contributed by atoms with Gasteiger partial charge in [-0.1, -0.05) is 30.1 Å². The molecule has 6 heteroatoms. The Labute approximate surface area is 92.2 Å². The van der Waals surface area contributed by atoms with E-state index >= 15 is 0 Å². The zero-order chi connectivity index (χ0) is 10.6. The summed E-state index contributed by atoms with van der Waals surface area (Å²) in [5, 5.41) is 19.7.